The van der Waals surface area contributed by atoms with Crippen molar-refractivity contribution >= 4 is 34.5 Å². The molecule has 0 bridgehead atoms. The highest BCUT2D eigenvalue weighted by molar-refractivity contribution is 6.39. The Bertz CT molecular complexity index is 1380. The number of ether oxygens (including phenoxy) is 2. The van der Waals surface area contributed by atoms with Gasteiger partial charge in [-0.3, -0.25) is 9.59 Å². The van der Waals surface area contributed by atoms with Crippen LogP contribution in [0, 0.1) is 5.82 Å². The van der Waals surface area contributed by atoms with Gasteiger partial charge in [0.05, 0.1) is 13.3 Å². The molecule has 0 aliphatic heterocycles. The summed E-state index contributed by atoms with van der Waals surface area (Å²) in [5, 5.41) is 8.42. The van der Waals surface area contributed by atoms with E-state index in [1.807, 2.05) is 24.3 Å². The molecular formula is C27H22FN3O4. The molecule has 0 saturated heterocycles. The Morgan fingerprint density at radius 3 is 2.49 bits per heavy atom. The summed E-state index contributed by atoms with van der Waals surface area (Å²) in [6.45, 7) is 0.365. The summed E-state index contributed by atoms with van der Waals surface area (Å²) in [4.78, 5) is 23.9. The van der Waals surface area contributed by atoms with Gasteiger partial charge in [0, 0.05) is 5.69 Å². The van der Waals surface area contributed by atoms with E-state index in [-0.39, 0.29) is 0 Å². The van der Waals surface area contributed by atoms with Crippen LogP contribution >= 0.6 is 0 Å². The van der Waals surface area contributed by atoms with Gasteiger partial charge in [-0.2, -0.15) is 5.10 Å². The number of methoxy groups -OCH3 is 1. The van der Waals surface area contributed by atoms with E-state index in [2.05, 4.69) is 34.0 Å². The van der Waals surface area contributed by atoms with Gasteiger partial charge in [-0.1, -0.05) is 42.5 Å². The smallest absolute Gasteiger partial charge is 0.329 e. The molecule has 35 heavy (non-hydrogen) atoms. The molecule has 0 heterocycles. The third-order valence-electron chi connectivity index (χ3n) is 5.14. The average molecular weight is 471 g/mol. The van der Waals surface area contributed by atoms with Gasteiger partial charge in [0.2, 0.25) is 0 Å². The van der Waals surface area contributed by atoms with Crippen LogP contribution in [0.2, 0.25) is 0 Å². The van der Waals surface area contributed by atoms with Gasteiger partial charge in [-0.25, -0.2) is 9.82 Å². The quantitative estimate of drug-likeness (QED) is 0.233. The van der Waals surface area contributed by atoms with E-state index in [9.17, 15) is 14.0 Å². The van der Waals surface area contributed by atoms with Crippen LogP contribution < -0.4 is 20.2 Å². The summed E-state index contributed by atoms with van der Waals surface area (Å²) in [7, 11) is 1.53. The van der Waals surface area contributed by atoms with Crippen molar-refractivity contribution in [3.8, 4) is 11.5 Å². The number of rotatable bonds is 7. The Kier molecular flexibility index (Phi) is 7.32. The standard InChI is InChI=1S/C27H22FN3O4/c1-34-25-15-18(16-29-31-27(33)26(32)30-22-12-10-21(28)11-13-22)9-14-24(25)35-17-20-7-4-6-19-5-2-3-8-23(19)20/h2-16H,17H2,1H3,(H,30,32)(H,31,33). The third-order valence-corrected chi connectivity index (χ3v) is 5.14. The number of carbonyl (C=O) groups excluding carboxylic acids is 2. The molecule has 0 unspecified atom stereocenters. The lowest BCUT2D eigenvalue weighted by atomic mass is 10.1. The minimum absolute atomic E-state index is 0.291. The lowest BCUT2D eigenvalue weighted by molar-refractivity contribution is -0.136. The summed E-state index contributed by atoms with van der Waals surface area (Å²) in [5.41, 5.74) is 4.12. The van der Waals surface area contributed by atoms with Crippen LogP contribution in [-0.2, 0) is 16.2 Å². The topological polar surface area (TPSA) is 89.0 Å². The fourth-order valence-corrected chi connectivity index (χ4v) is 3.39. The number of hydrogen-bond donors (Lipinski definition) is 2. The highest BCUT2D eigenvalue weighted by Crippen LogP contribution is 2.29. The minimum Gasteiger partial charge on any atom is -0.493 e. The predicted octanol–water partition coefficient (Wildman–Crippen LogP) is 4.66. The number of amides is 2. The zero-order valence-corrected chi connectivity index (χ0v) is 18.8. The van der Waals surface area contributed by atoms with Crippen LogP contribution in [0.25, 0.3) is 10.8 Å². The molecule has 0 fully saturated rings. The van der Waals surface area contributed by atoms with E-state index in [0.717, 1.165) is 16.3 Å². The van der Waals surface area contributed by atoms with E-state index < -0.39 is 17.6 Å². The Hall–Kier alpha value is -4.72. The number of halogens is 1. The van der Waals surface area contributed by atoms with Crippen molar-refractivity contribution in [1.82, 2.24) is 5.43 Å². The van der Waals surface area contributed by atoms with E-state index >= 15 is 0 Å². The molecule has 0 radical (unpaired) electrons. The highest BCUT2D eigenvalue weighted by atomic mass is 19.1. The number of anilines is 1. The first-order chi connectivity index (χ1) is 17.0. The molecule has 0 spiro atoms. The van der Waals surface area contributed by atoms with Gasteiger partial charge in [-0.05, 0) is 64.4 Å². The number of carbonyl (C=O) groups is 2. The Morgan fingerprint density at radius 1 is 0.914 bits per heavy atom. The van der Waals surface area contributed by atoms with Crippen LogP contribution in [0.3, 0.4) is 0 Å². The molecule has 0 aliphatic rings. The van der Waals surface area contributed by atoms with Gasteiger partial charge < -0.3 is 14.8 Å². The van der Waals surface area contributed by atoms with E-state index in [0.29, 0.717) is 29.4 Å². The number of fused-ring (bicyclic) bond motifs is 1. The minimum atomic E-state index is -0.965. The van der Waals surface area contributed by atoms with Crippen molar-refractivity contribution in [2.45, 2.75) is 6.61 Å². The molecule has 8 heteroatoms. The molecule has 2 amide bonds. The van der Waals surface area contributed by atoms with Gasteiger partial charge in [0.15, 0.2) is 11.5 Å². The Labute approximate surface area is 201 Å². The molecule has 7 nitrogen and oxygen atoms in total. The molecular weight excluding hydrogens is 449 g/mol. The van der Waals surface area contributed by atoms with Crippen molar-refractivity contribution in [1.29, 1.82) is 0 Å². The lowest BCUT2D eigenvalue weighted by Gasteiger charge is -2.12. The van der Waals surface area contributed by atoms with Crippen LogP contribution in [0.15, 0.2) is 90.0 Å². The fourth-order valence-electron chi connectivity index (χ4n) is 3.39. The van der Waals surface area contributed by atoms with E-state index in [1.165, 1.54) is 37.6 Å². The molecule has 0 aliphatic carbocycles. The lowest BCUT2D eigenvalue weighted by Crippen LogP contribution is -2.32. The largest absolute Gasteiger partial charge is 0.493 e. The van der Waals surface area contributed by atoms with Crippen LogP contribution in [-0.4, -0.2) is 25.1 Å². The van der Waals surface area contributed by atoms with Gasteiger partial charge >= 0.3 is 11.8 Å². The first kappa shape index (κ1) is 23.4. The first-order valence-corrected chi connectivity index (χ1v) is 10.7. The predicted molar refractivity (Wildman–Crippen MR) is 132 cm³/mol. The summed E-state index contributed by atoms with van der Waals surface area (Å²) in [5.74, 6) is -1.29. The maximum atomic E-state index is 12.9. The molecule has 4 aromatic rings. The van der Waals surface area contributed by atoms with Crippen molar-refractivity contribution < 1.29 is 23.5 Å². The van der Waals surface area contributed by atoms with Gasteiger partial charge in [0.25, 0.3) is 0 Å². The zero-order chi connectivity index (χ0) is 24.6. The zero-order valence-electron chi connectivity index (χ0n) is 18.8. The molecule has 2 N–H and O–H groups in total. The number of nitrogens with zero attached hydrogens (tertiary/aromatic N) is 1. The molecule has 4 rings (SSSR count). The van der Waals surface area contributed by atoms with Crippen molar-refractivity contribution in [3.63, 3.8) is 0 Å². The third kappa shape index (κ3) is 6.00. The van der Waals surface area contributed by atoms with E-state index in [1.54, 1.807) is 18.2 Å². The number of nitrogens with one attached hydrogen (secondary N) is 2. The SMILES string of the molecule is COc1cc(C=NNC(=O)C(=O)Nc2ccc(F)cc2)ccc1OCc1cccc2ccccc12. The summed E-state index contributed by atoms with van der Waals surface area (Å²) >= 11 is 0. The number of benzene rings is 4. The maximum Gasteiger partial charge on any atom is 0.329 e. The highest BCUT2D eigenvalue weighted by Gasteiger charge is 2.13. The second kappa shape index (κ2) is 10.9. The van der Waals surface area contributed by atoms with Crippen molar-refractivity contribution in [3.05, 3.63) is 102 Å². The normalized spacial score (nSPS) is 10.8. The first-order valence-electron chi connectivity index (χ1n) is 10.7. The van der Waals surface area contributed by atoms with E-state index in [4.69, 9.17) is 9.47 Å². The summed E-state index contributed by atoms with van der Waals surface area (Å²) in [6, 6.07) is 24.4. The van der Waals surface area contributed by atoms with Crippen LogP contribution in [0.1, 0.15) is 11.1 Å². The molecule has 0 saturated carbocycles. The Balaban J connectivity index is 1.36. The summed E-state index contributed by atoms with van der Waals surface area (Å²) < 4.78 is 24.4. The molecule has 0 aromatic heterocycles. The number of hydrogen-bond acceptors (Lipinski definition) is 5. The van der Waals surface area contributed by atoms with Crippen LogP contribution in [0.4, 0.5) is 10.1 Å². The van der Waals surface area contributed by atoms with Crippen molar-refractivity contribution in [2.24, 2.45) is 5.10 Å². The molecule has 0 atom stereocenters. The van der Waals surface area contributed by atoms with Gasteiger partial charge in [-0.15, -0.1) is 0 Å². The fraction of sp³-hybridized carbons (Fsp3) is 0.0741. The molecule has 4 aromatic carbocycles. The second-order valence-electron chi connectivity index (χ2n) is 7.50. The van der Waals surface area contributed by atoms with Crippen LogP contribution in [0.5, 0.6) is 11.5 Å². The Morgan fingerprint density at radius 2 is 1.69 bits per heavy atom. The monoisotopic (exact) mass is 471 g/mol. The van der Waals surface area contributed by atoms with Crippen molar-refractivity contribution in [2.75, 3.05) is 12.4 Å². The van der Waals surface area contributed by atoms with Gasteiger partial charge in [0.1, 0.15) is 12.4 Å². The second-order valence-corrected chi connectivity index (χ2v) is 7.50. The average Bonchev–Trinajstić information content (AvgIpc) is 2.89. The maximum absolute atomic E-state index is 12.9. The number of hydrazone groups is 1. The molecule has 176 valence electrons. The summed E-state index contributed by atoms with van der Waals surface area (Å²) in [6.07, 6.45) is 1.38.